The molecule has 0 atom stereocenters. The molecule has 3 rings (SSSR count). The summed E-state index contributed by atoms with van der Waals surface area (Å²) in [6.07, 6.45) is 0.940. The first kappa shape index (κ1) is 14.7. The van der Waals surface area contributed by atoms with Crippen LogP contribution in [0.1, 0.15) is 16.8 Å². The number of aliphatic carboxylic acids is 1. The monoisotopic (exact) mass is 311 g/mol. The fraction of sp³-hybridized carbons (Fsp3) is 0.125. The van der Waals surface area contributed by atoms with E-state index >= 15 is 0 Å². The minimum atomic E-state index is -1.22. The number of carboxylic acid groups (broad SMARTS) is 1. The molecule has 116 valence electrons. The lowest BCUT2D eigenvalue weighted by atomic mass is 10.1. The van der Waals surface area contributed by atoms with E-state index < -0.39 is 18.2 Å². The topological polar surface area (TPSA) is 99.6 Å². The summed E-state index contributed by atoms with van der Waals surface area (Å²) in [5.74, 6) is -1.71. The minimum Gasteiger partial charge on any atom is -0.481 e. The summed E-state index contributed by atoms with van der Waals surface area (Å²) in [4.78, 5) is 40.8. The van der Waals surface area contributed by atoms with Crippen molar-refractivity contribution in [1.82, 2.24) is 4.98 Å². The molecule has 23 heavy (non-hydrogen) atoms. The maximum Gasteiger partial charge on any atom is 0.310 e. The molecule has 7 heteroatoms. The lowest BCUT2D eigenvalue weighted by Gasteiger charge is -2.21. The normalized spacial score (nSPS) is 12.7. The van der Waals surface area contributed by atoms with E-state index in [-0.39, 0.29) is 12.5 Å². The predicted molar refractivity (Wildman–Crippen MR) is 82.9 cm³/mol. The predicted octanol–water partition coefficient (Wildman–Crippen LogP) is 1.83. The van der Waals surface area contributed by atoms with Gasteiger partial charge in [-0.15, -0.1) is 0 Å². The summed E-state index contributed by atoms with van der Waals surface area (Å²) in [5.41, 5.74) is 1.42. The molecule has 0 fully saturated rings. The third kappa shape index (κ3) is 2.89. The second kappa shape index (κ2) is 5.88. The largest absolute Gasteiger partial charge is 0.481 e. The number of aromatic nitrogens is 1. The van der Waals surface area contributed by atoms with Crippen LogP contribution < -0.4 is 10.2 Å². The number of para-hydroxylation sites is 1. The molecule has 0 spiro atoms. The number of nitrogens with zero attached hydrogens (tertiary/aromatic N) is 2. The van der Waals surface area contributed by atoms with Gasteiger partial charge in [-0.05, 0) is 24.3 Å². The van der Waals surface area contributed by atoms with Crippen molar-refractivity contribution in [3.63, 3.8) is 0 Å². The average molecular weight is 311 g/mol. The van der Waals surface area contributed by atoms with Crippen molar-refractivity contribution in [2.24, 2.45) is 0 Å². The zero-order valence-electron chi connectivity index (χ0n) is 12.0. The molecular formula is C16H13N3O4. The van der Waals surface area contributed by atoms with E-state index in [4.69, 9.17) is 5.11 Å². The van der Waals surface area contributed by atoms with Gasteiger partial charge in [-0.25, -0.2) is 4.98 Å². The number of amides is 1. The van der Waals surface area contributed by atoms with E-state index in [0.717, 1.165) is 0 Å². The van der Waals surface area contributed by atoms with Gasteiger partial charge in [-0.1, -0.05) is 12.1 Å². The number of carboxylic acids is 1. The number of benzene rings is 1. The van der Waals surface area contributed by atoms with Gasteiger partial charge in [0.25, 0.3) is 5.91 Å². The second-order valence-corrected chi connectivity index (χ2v) is 5.04. The molecule has 1 aliphatic rings. The summed E-state index contributed by atoms with van der Waals surface area (Å²) in [6, 6.07) is 10.2. The van der Waals surface area contributed by atoms with Crippen molar-refractivity contribution in [3.8, 4) is 0 Å². The number of pyridine rings is 1. The molecule has 0 aliphatic carbocycles. The van der Waals surface area contributed by atoms with Crippen molar-refractivity contribution in [2.75, 3.05) is 16.8 Å². The first-order valence-electron chi connectivity index (χ1n) is 6.92. The number of carbonyl (C=O) groups excluding carboxylic acids is 2. The summed E-state index contributed by atoms with van der Waals surface area (Å²) < 4.78 is 0. The van der Waals surface area contributed by atoms with Crippen LogP contribution >= 0.6 is 0 Å². The molecule has 7 nitrogen and oxygen atoms in total. The quantitative estimate of drug-likeness (QED) is 0.836. The van der Waals surface area contributed by atoms with Gasteiger partial charge < -0.3 is 10.4 Å². The standard InChI is InChI=1S/C16H13N3O4/c20-10(8-14(21)22)9-19-13-6-3-7-17-15(13)18-12-5-2-1-4-11(12)16(19)23/h1-7H,8-9H2,(H,17,18)(H,21,22). The minimum absolute atomic E-state index is 0.320. The van der Waals surface area contributed by atoms with E-state index in [1.165, 1.54) is 4.90 Å². The number of hydrogen-bond donors (Lipinski definition) is 2. The number of ketones is 1. The van der Waals surface area contributed by atoms with Crippen LogP contribution in [0.4, 0.5) is 17.2 Å². The molecule has 1 aromatic heterocycles. The highest BCUT2D eigenvalue weighted by molar-refractivity contribution is 6.15. The number of hydrogen-bond acceptors (Lipinski definition) is 5. The van der Waals surface area contributed by atoms with Crippen LogP contribution in [0.15, 0.2) is 42.6 Å². The number of nitrogens with one attached hydrogen (secondary N) is 1. The van der Waals surface area contributed by atoms with E-state index in [9.17, 15) is 14.4 Å². The van der Waals surface area contributed by atoms with E-state index in [1.807, 2.05) is 0 Å². The first-order chi connectivity index (χ1) is 11.1. The number of anilines is 3. The van der Waals surface area contributed by atoms with Gasteiger partial charge in [0, 0.05) is 6.20 Å². The van der Waals surface area contributed by atoms with E-state index in [2.05, 4.69) is 10.3 Å². The second-order valence-electron chi connectivity index (χ2n) is 5.04. The highest BCUT2D eigenvalue weighted by Gasteiger charge is 2.28. The van der Waals surface area contributed by atoms with Gasteiger partial charge in [-0.3, -0.25) is 19.3 Å². The zero-order chi connectivity index (χ0) is 16.4. The lowest BCUT2D eigenvalue weighted by Crippen LogP contribution is -2.36. The first-order valence-corrected chi connectivity index (χ1v) is 6.92. The Balaban J connectivity index is 2.04. The number of rotatable bonds is 4. The lowest BCUT2D eigenvalue weighted by molar-refractivity contribution is -0.139. The van der Waals surface area contributed by atoms with Crippen molar-refractivity contribution in [3.05, 3.63) is 48.2 Å². The third-order valence-electron chi connectivity index (χ3n) is 3.42. The number of Topliss-reactive ketones (excluding diaryl/α,β-unsaturated/α-hetero) is 1. The molecule has 0 saturated heterocycles. The Hall–Kier alpha value is -3.22. The summed E-state index contributed by atoms with van der Waals surface area (Å²) in [6.45, 7) is -0.320. The summed E-state index contributed by atoms with van der Waals surface area (Å²) >= 11 is 0. The molecule has 0 unspecified atom stereocenters. The SMILES string of the molecule is O=C(O)CC(=O)CN1C(=O)c2ccccc2Nc2ncccc21. The number of fused-ring (bicyclic) bond motifs is 2. The van der Waals surface area contributed by atoms with E-state index in [1.54, 1.807) is 42.6 Å². The maximum atomic E-state index is 12.8. The highest BCUT2D eigenvalue weighted by atomic mass is 16.4. The Labute approximate surface area is 131 Å². The highest BCUT2D eigenvalue weighted by Crippen LogP contribution is 2.33. The smallest absolute Gasteiger partial charge is 0.310 e. The molecule has 2 heterocycles. The molecule has 0 bridgehead atoms. The van der Waals surface area contributed by atoms with Crippen LogP contribution in [0.3, 0.4) is 0 Å². The molecule has 1 aromatic carbocycles. The van der Waals surface area contributed by atoms with Crippen LogP contribution in [0.25, 0.3) is 0 Å². The summed E-state index contributed by atoms with van der Waals surface area (Å²) in [5, 5.41) is 11.8. The Bertz CT molecular complexity index is 803. The van der Waals surface area contributed by atoms with E-state index in [0.29, 0.717) is 22.8 Å². The van der Waals surface area contributed by atoms with Gasteiger partial charge >= 0.3 is 5.97 Å². The van der Waals surface area contributed by atoms with Gasteiger partial charge in [0.2, 0.25) is 0 Å². The van der Waals surface area contributed by atoms with Gasteiger partial charge in [0.1, 0.15) is 6.42 Å². The summed E-state index contributed by atoms with van der Waals surface area (Å²) in [7, 11) is 0. The molecule has 2 aromatic rings. The molecule has 0 radical (unpaired) electrons. The third-order valence-corrected chi connectivity index (χ3v) is 3.42. The Morgan fingerprint density at radius 1 is 1.17 bits per heavy atom. The fourth-order valence-corrected chi connectivity index (χ4v) is 2.43. The van der Waals surface area contributed by atoms with Crippen LogP contribution in [-0.4, -0.2) is 34.3 Å². The van der Waals surface area contributed by atoms with Crippen molar-refractivity contribution >= 4 is 34.9 Å². The van der Waals surface area contributed by atoms with Crippen molar-refractivity contribution in [1.29, 1.82) is 0 Å². The Morgan fingerprint density at radius 3 is 2.74 bits per heavy atom. The molecule has 2 N–H and O–H groups in total. The number of carbonyl (C=O) groups is 3. The van der Waals surface area contributed by atoms with Crippen molar-refractivity contribution < 1.29 is 19.5 Å². The van der Waals surface area contributed by atoms with Crippen LogP contribution in [0.5, 0.6) is 0 Å². The van der Waals surface area contributed by atoms with Crippen LogP contribution in [0, 0.1) is 0 Å². The van der Waals surface area contributed by atoms with Gasteiger partial charge in [0.15, 0.2) is 11.6 Å². The Kier molecular flexibility index (Phi) is 3.76. The zero-order valence-corrected chi connectivity index (χ0v) is 12.0. The van der Waals surface area contributed by atoms with Crippen LogP contribution in [-0.2, 0) is 9.59 Å². The fourth-order valence-electron chi connectivity index (χ4n) is 2.43. The van der Waals surface area contributed by atoms with Gasteiger partial charge in [-0.2, -0.15) is 0 Å². The molecular weight excluding hydrogens is 298 g/mol. The maximum absolute atomic E-state index is 12.8. The van der Waals surface area contributed by atoms with Crippen molar-refractivity contribution in [2.45, 2.75) is 6.42 Å². The molecule has 1 aliphatic heterocycles. The molecule has 1 amide bonds. The Morgan fingerprint density at radius 2 is 1.96 bits per heavy atom. The molecule has 0 saturated carbocycles. The van der Waals surface area contributed by atoms with Crippen LogP contribution in [0.2, 0.25) is 0 Å². The average Bonchev–Trinajstić information content (AvgIpc) is 2.63. The van der Waals surface area contributed by atoms with Gasteiger partial charge in [0.05, 0.1) is 23.5 Å².